The summed E-state index contributed by atoms with van der Waals surface area (Å²) >= 11 is 6.21. The Morgan fingerprint density at radius 1 is 1.21 bits per heavy atom. The first-order valence-corrected chi connectivity index (χ1v) is 9.41. The van der Waals surface area contributed by atoms with E-state index in [0.717, 1.165) is 0 Å². The summed E-state index contributed by atoms with van der Waals surface area (Å²) in [6, 6.07) is 13.6. The molecule has 0 radical (unpaired) electrons. The zero-order chi connectivity index (χ0) is 20.3. The standard InChI is InChI=1S/C21H22ClN3O3/c1-14(26)15-6-5-7-16(12-15)23-20(27)13-24(2)19-10-11-25(21(19)28)18-9-4-3-8-17(18)22/h3-9,12,19H,10-11,13H2,1-2H3,(H,23,27). The van der Waals surface area contributed by atoms with Gasteiger partial charge < -0.3 is 10.2 Å². The molecule has 1 saturated heterocycles. The van der Waals surface area contributed by atoms with Crippen LogP contribution in [0.2, 0.25) is 5.02 Å². The van der Waals surface area contributed by atoms with Crippen LogP contribution >= 0.6 is 11.6 Å². The Morgan fingerprint density at radius 2 is 1.96 bits per heavy atom. The lowest BCUT2D eigenvalue weighted by molar-refractivity contribution is -0.123. The summed E-state index contributed by atoms with van der Waals surface area (Å²) in [5.41, 5.74) is 1.78. The van der Waals surface area contributed by atoms with Crippen molar-refractivity contribution in [3.63, 3.8) is 0 Å². The van der Waals surface area contributed by atoms with Gasteiger partial charge in [0.15, 0.2) is 5.78 Å². The summed E-state index contributed by atoms with van der Waals surface area (Å²) in [7, 11) is 1.75. The maximum Gasteiger partial charge on any atom is 0.244 e. The van der Waals surface area contributed by atoms with Gasteiger partial charge in [-0.25, -0.2) is 0 Å². The van der Waals surface area contributed by atoms with Crippen molar-refractivity contribution >= 4 is 40.6 Å². The Hall–Kier alpha value is -2.70. The van der Waals surface area contributed by atoms with Crippen LogP contribution in [0.4, 0.5) is 11.4 Å². The van der Waals surface area contributed by atoms with Crippen molar-refractivity contribution in [2.75, 3.05) is 30.4 Å². The van der Waals surface area contributed by atoms with Gasteiger partial charge in [0.05, 0.1) is 23.3 Å². The first-order chi connectivity index (χ1) is 13.4. The first-order valence-electron chi connectivity index (χ1n) is 9.04. The molecule has 1 atom stereocenters. The van der Waals surface area contributed by atoms with Crippen molar-refractivity contribution in [3.8, 4) is 0 Å². The summed E-state index contributed by atoms with van der Waals surface area (Å²) in [4.78, 5) is 40.1. The molecule has 0 aliphatic carbocycles. The number of hydrogen-bond donors (Lipinski definition) is 1. The Morgan fingerprint density at radius 3 is 2.68 bits per heavy atom. The number of para-hydroxylation sites is 1. The third-order valence-corrected chi connectivity index (χ3v) is 5.12. The van der Waals surface area contributed by atoms with Crippen LogP contribution in [-0.2, 0) is 9.59 Å². The number of ketones is 1. The topological polar surface area (TPSA) is 69.7 Å². The second-order valence-corrected chi connectivity index (χ2v) is 7.25. The summed E-state index contributed by atoms with van der Waals surface area (Å²) in [6.45, 7) is 2.10. The van der Waals surface area contributed by atoms with E-state index >= 15 is 0 Å². The molecule has 1 aliphatic rings. The average molecular weight is 400 g/mol. The van der Waals surface area contributed by atoms with Crippen LogP contribution in [0.3, 0.4) is 0 Å². The van der Waals surface area contributed by atoms with Gasteiger partial charge >= 0.3 is 0 Å². The molecule has 0 saturated carbocycles. The van der Waals surface area contributed by atoms with E-state index < -0.39 is 0 Å². The number of halogens is 1. The lowest BCUT2D eigenvalue weighted by Crippen LogP contribution is -2.43. The highest BCUT2D eigenvalue weighted by atomic mass is 35.5. The van der Waals surface area contributed by atoms with E-state index in [4.69, 9.17) is 11.6 Å². The van der Waals surface area contributed by atoms with Gasteiger partial charge in [-0.05, 0) is 44.7 Å². The molecule has 146 valence electrons. The van der Waals surface area contributed by atoms with Crippen LogP contribution in [0.15, 0.2) is 48.5 Å². The zero-order valence-corrected chi connectivity index (χ0v) is 16.6. The van der Waals surface area contributed by atoms with Crippen LogP contribution in [-0.4, -0.2) is 48.7 Å². The Balaban J connectivity index is 1.62. The summed E-state index contributed by atoms with van der Waals surface area (Å²) < 4.78 is 0. The third kappa shape index (κ3) is 4.40. The lowest BCUT2D eigenvalue weighted by atomic mass is 10.1. The smallest absolute Gasteiger partial charge is 0.244 e. The van der Waals surface area contributed by atoms with E-state index in [1.54, 1.807) is 47.2 Å². The van der Waals surface area contributed by atoms with E-state index in [1.165, 1.54) is 6.92 Å². The Labute approximate surface area is 169 Å². The lowest BCUT2D eigenvalue weighted by Gasteiger charge is -2.23. The third-order valence-electron chi connectivity index (χ3n) is 4.80. The second kappa shape index (κ2) is 8.54. The molecule has 2 aromatic carbocycles. The molecular formula is C21H22ClN3O3. The molecule has 0 spiro atoms. The number of carbonyl (C=O) groups is 3. The number of likely N-dealkylation sites (N-methyl/N-ethyl adjacent to an activating group) is 1. The molecule has 1 N–H and O–H groups in total. The van der Waals surface area contributed by atoms with Crippen LogP contribution < -0.4 is 10.2 Å². The Bertz CT molecular complexity index is 915. The van der Waals surface area contributed by atoms with Gasteiger partial charge in [0.1, 0.15) is 0 Å². The van der Waals surface area contributed by atoms with Gasteiger partial charge in [-0.15, -0.1) is 0 Å². The number of anilines is 2. The van der Waals surface area contributed by atoms with Gasteiger partial charge in [0, 0.05) is 17.8 Å². The van der Waals surface area contributed by atoms with Gasteiger partial charge in [-0.3, -0.25) is 19.3 Å². The molecule has 28 heavy (non-hydrogen) atoms. The van der Waals surface area contributed by atoms with Crippen molar-refractivity contribution in [2.45, 2.75) is 19.4 Å². The highest BCUT2D eigenvalue weighted by molar-refractivity contribution is 6.34. The van der Waals surface area contributed by atoms with Crippen molar-refractivity contribution in [3.05, 3.63) is 59.1 Å². The number of nitrogens with one attached hydrogen (secondary N) is 1. The second-order valence-electron chi connectivity index (χ2n) is 6.85. The minimum atomic E-state index is -0.384. The fourth-order valence-corrected chi connectivity index (χ4v) is 3.57. The maximum atomic E-state index is 12.8. The van der Waals surface area contributed by atoms with E-state index in [-0.39, 0.29) is 30.2 Å². The SMILES string of the molecule is CC(=O)c1cccc(NC(=O)CN(C)C2CCN(c3ccccc3Cl)C2=O)c1. The highest BCUT2D eigenvalue weighted by Crippen LogP contribution is 2.30. The quantitative estimate of drug-likeness (QED) is 0.757. The van der Waals surface area contributed by atoms with Crippen LogP contribution in [0, 0.1) is 0 Å². The maximum absolute atomic E-state index is 12.8. The van der Waals surface area contributed by atoms with Crippen molar-refractivity contribution in [1.29, 1.82) is 0 Å². The summed E-state index contributed by atoms with van der Waals surface area (Å²) in [5, 5.41) is 3.31. The van der Waals surface area contributed by atoms with E-state index in [1.807, 2.05) is 18.2 Å². The molecule has 2 aromatic rings. The number of hydrogen-bond acceptors (Lipinski definition) is 4. The fraction of sp³-hybridized carbons (Fsp3) is 0.286. The number of benzene rings is 2. The van der Waals surface area contributed by atoms with Crippen molar-refractivity contribution in [2.24, 2.45) is 0 Å². The van der Waals surface area contributed by atoms with Gasteiger partial charge in [0.25, 0.3) is 0 Å². The normalized spacial score (nSPS) is 16.5. The number of carbonyl (C=O) groups excluding carboxylic acids is 3. The molecule has 0 aromatic heterocycles. The number of nitrogens with zero attached hydrogens (tertiary/aromatic N) is 2. The molecule has 3 rings (SSSR count). The molecule has 0 bridgehead atoms. The van der Waals surface area contributed by atoms with Crippen molar-refractivity contribution in [1.82, 2.24) is 4.90 Å². The molecule has 1 aliphatic heterocycles. The van der Waals surface area contributed by atoms with Gasteiger partial charge in [-0.2, -0.15) is 0 Å². The van der Waals surface area contributed by atoms with Crippen LogP contribution in [0.1, 0.15) is 23.7 Å². The number of amides is 2. The Kier molecular flexibility index (Phi) is 6.11. The van der Waals surface area contributed by atoms with E-state index in [0.29, 0.717) is 34.9 Å². The molecule has 1 unspecified atom stereocenters. The van der Waals surface area contributed by atoms with Gasteiger partial charge in [-0.1, -0.05) is 35.9 Å². The summed E-state index contributed by atoms with van der Waals surface area (Å²) in [5.74, 6) is -0.376. The first kappa shape index (κ1) is 20.0. The van der Waals surface area contributed by atoms with E-state index in [2.05, 4.69) is 5.32 Å². The van der Waals surface area contributed by atoms with Crippen molar-refractivity contribution < 1.29 is 14.4 Å². The molecule has 1 fully saturated rings. The average Bonchev–Trinajstić information content (AvgIpc) is 3.03. The molecular weight excluding hydrogens is 378 g/mol. The predicted molar refractivity (Wildman–Crippen MR) is 110 cm³/mol. The van der Waals surface area contributed by atoms with E-state index in [9.17, 15) is 14.4 Å². The minimum Gasteiger partial charge on any atom is -0.325 e. The molecule has 1 heterocycles. The summed E-state index contributed by atoms with van der Waals surface area (Å²) in [6.07, 6.45) is 0.619. The van der Waals surface area contributed by atoms with Gasteiger partial charge in [0.2, 0.25) is 11.8 Å². The molecule has 7 heteroatoms. The molecule has 2 amide bonds. The largest absolute Gasteiger partial charge is 0.325 e. The predicted octanol–water partition coefficient (Wildman–Crippen LogP) is 3.22. The van der Waals surface area contributed by atoms with Crippen LogP contribution in [0.25, 0.3) is 0 Å². The number of Topliss-reactive ketones (excluding diaryl/α,β-unsaturated/α-hetero) is 1. The monoisotopic (exact) mass is 399 g/mol. The minimum absolute atomic E-state index is 0.0653. The highest BCUT2D eigenvalue weighted by Gasteiger charge is 2.36. The number of rotatable bonds is 6. The molecule has 6 nitrogen and oxygen atoms in total. The fourth-order valence-electron chi connectivity index (χ4n) is 3.34. The van der Waals surface area contributed by atoms with Crippen LogP contribution in [0.5, 0.6) is 0 Å². The zero-order valence-electron chi connectivity index (χ0n) is 15.8.